The molecule has 0 radical (unpaired) electrons. The standard InChI is InChI=1S/C12H19N3.C2H6/c1-10-9-15(8-7-14-10)12-5-3-11(13-2)4-6-12;1-2/h3-6,10,13-14H,7-9H2,1-2H3;1-2H3. The van der Waals surface area contributed by atoms with Gasteiger partial charge in [0.15, 0.2) is 0 Å². The van der Waals surface area contributed by atoms with Crippen molar-refractivity contribution in [2.75, 3.05) is 36.9 Å². The molecular weight excluding hydrogens is 210 g/mol. The van der Waals surface area contributed by atoms with Crippen molar-refractivity contribution in [2.24, 2.45) is 0 Å². The molecule has 1 saturated heterocycles. The van der Waals surface area contributed by atoms with Gasteiger partial charge in [0.05, 0.1) is 0 Å². The molecule has 2 rings (SSSR count). The van der Waals surface area contributed by atoms with Gasteiger partial charge in [0.1, 0.15) is 0 Å². The minimum atomic E-state index is 0.586. The molecule has 1 unspecified atom stereocenters. The van der Waals surface area contributed by atoms with E-state index in [4.69, 9.17) is 0 Å². The summed E-state index contributed by atoms with van der Waals surface area (Å²) in [7, 11) is 1.95. The maximum atomic E-state index is 3.45. The van der Waals surface area contributed by atoms with Gasteiger partial charge in [-0.05, 0) is 31.2 Å². The average molecular weight is 235 g/mol. The highest BCUT2D eigenvalue weighted by molar-refractivity contribution is 5.55. The van der Waals surface area contributed by atoms with Gasteiger partial charge in [0, 0.05) is 44.1 Å². The monoisotopic (exact) mass is 235 g/mol. The lowest BCUT2D eigenvalue weighted by Gasteiger charge is -2.33. The van der Waals surface area contributed by atoms with Crippen molar-refractivity contribution in [3.8, 4) is 0 Å². The number of nitrogens with zero attached hydrogens (tertiary/aromatic N) is 1. The summed E-state index contributed by atoms with van der Waals surface area (Å²) in [5, 5.41) is 6.59. The normalized spacial score (nSPS) is 19.3. The summed E-state index contributed by atoms with van der Waals surface area (Å²) in [6.07, 6.45) is 0. The highest BCUT2D eigenvalue weighted by Crippen LogP contribution is 2.18. The summed E-state index contributed by atoms with van der Waals surface area (Å²) in [6, 6.07) is 9.21. The van der Waals surface area contributed by atoms with Crippen LogP contribution in [-0.4, -0.2) is 32.7 Å². The highest BCUT2D eigenvalue weighted by Gasteiger charge is 2.15. The largest absolute Gasteiger partial charge is 0.388 e. The van der Waals surface area contributed by atoms with Crippen LogP contribution in [0.2, 0.25) is 0 Å². The van der Waals surface area contributed by atoms with E-state index in [-0.39, 0.29) is 0 Å². The van der Waals surface area contributed by atoms with Gasteiger partial charge in [-0.1, -0.05) is 13.8 Å². The van der Waals surface area contributed by atoms with Crippen molar-refractivity contribution in [2.45, 2.75) is 26.8 Å². The van der Waals surface area contributed by atoms with E-state index < -0.39 is 0 Å². The molecule has 0 aromatic heterocycles. The van der Waals surface area contributed by atoms with Gasteiger partial charge in [-0.15, -0.1) is 0 Å². The molecule has 1 aliphatic rings. The molecule has 1 atom stereocenters. The molecule has 1 aliphatic heterocycles. The average Bonchev–Trinajstić information content (AvgIpc) is 2.41. The number of hydrogen-bond donors (Lipinski definition) is 2. The first-order valence-electron chi connectivity index (χ1n) is 6.56. The van der Waals surface area contributed by atoms with Gasteiger partial charge < -0.3 is 15.5 Å². The SMILES string of the molecule is CC.CNc1ccc(N2CCNC(C)C2)cc1. The molecule has 1 aromatic rings. The van der Waals surface area contributed by atoms with Crippen molar-refractivity contribution in [3.63, 3.8) is 0 Å². The van der Waals surface area contributed by atoms with Crippen molar-refractivity contribution in [1.29, 1.82) is 0 Å². The van der Waals surface area contributed by atoms with Crippen LogP contribution < -0.4 is 15.5 Å². The van der Waals surface area contributed by atoms with Crippen LogP contribution in [0.3, 0.4) is 0 Å². The molecule has 0 aliphatic carbocycles. The van der Waals surface area contributed by atoms with Gasteiger partial charge in [-0.3, -0.25) is 0 Å². The van der Waals surface area contributed by atoms with Crippen molar-refractivity contribution in [3.05, 3.63) is 24.3 Å². The van der Waals surface area contributed by atoms with Crippen LogP contribution in [-0.2, 0) is 0 Å². The summed E-state index contributed by atoms with van der Waals surface area (Å²) in [4.78, 5) is 2.43. The van der Waals surface area contributed by atoms with Crippen molar-refractivity contribution >= 4 is 11.4 Å². The first-order chi connectivity index (χ1) is 8.29. The lowest BCUT2D eigenvalue weighted by Crippen LogP contribution is -2.49. The first kappa shape index (κ1) is 13.8. The van der Waals surface area contributed by atoms with Gasteiger partial charge >= 0.3 is 0 Å². The van der Waals surface area contributed by atoms with Crippen molar-refractivity contribution < 1.29 is 0 Å². The lowest BCUT2D eigenvalue weighted by atomic mass is 10.2. The quantitative estimate of drug-likeness (QED) is 0.825. The second-order valence-corrected chi connectivity index (χ2v) is 4.10. The zero-order valence-corrected chi connectivity index (χ0v) is 11.5. The Morgan fingerprint density at radius 2 is 1.88 bits per heavy atom. The molecular formula is C14H25N3. The van der Waals surface area contributed by atoms with Crippen molar-refractivity contribution in [1.82, 2.24) is 5.32 Å². The Morgan fingerprint density at radius 1 is 1.24 bits per heavy atom. The number of nitrogens with one attached hydrogen (secondary N) is 2. The highest BCUT2D eigenvalue weighted by atomic mass is 15.2. The fraction of sp³-hybridized carbons (Fsp3) is 0.571. The molecule has 0 spiro atoms. The van der Waals surface area contributed by atoms with Gasteiger partial charge in [-0.25, -0.2) is 0 Å². The second-order valence-electron chi connectivity index (χ2n) is 4.10. The lowest BCUT2D eigenvalue weighted by molar-refractivity contribution is 0.485. The van der Waals surface area contributed by atoms with E-state index in [1.54, 1.807) is 0 Å². The molecule has 3 heteroatoms. The Balaban J connectivity index is 0.000000686. The summed E-state index contributed by atoms with van der Waals surface area (Å²) < 4.78 is 0. The summed E-state index contributed by atoms with van der Waals surface area (Å²) in [5.74, 6) is 0. The fourth-order valence-electron chi connectivity index (χ4n) is 2.01. The smallest absolute Gasteiger partial charge is 0.0368 e. The summed E-state index contributed by atoms with van der Waals surface area (Å²) in [5.41, 5.74) is 2.49. The predicted octanol–water partition coefficient (Wildman–Crippen LogP) is 2.55. The van der Waals surface area contributed by atoms with Crippen LogP contribution in [0.1, 0.15) is 20.8 Å². The number of piperazine rings is 1. The van der Waals surface area contributed by atoms with E-state index in [1.807, 2.05) is 20.9 Å². The molecule has 0 saturated carbocycles. The van der Waals surface area contributed by atoms with Gasteiger partial charge in [0.25, 0.3) is 0 Å². The summed E-state index contributed by atoms with van der Waals surface area (Å²) in [6.45, 7) is 9.51. The Labute approximate surface area is 105 Å². The van der Waals surface area contributed by atoms with Crippen LogP contribution in [0, 0.1) is 0 Å². The molecule has 2 N–H and O–H groups in total. The fourth-order valence-corrected chi connectivity index (χ4v) is 2.01. The van der Waals surface area contributed by atoms with E-state index in [9.17, 15) is 0 Å². The van der Waals surface area contributed by atoms with E-state index in [0.29, 0.717) is 6.04 Å². The Kier molecular flexibility index (Phi) is 5.84. The third-order valence-corrected chi connectivity index (χ3v) is 2.89. The number of hydrogen-bond acceptors (Lipinski definition) is 3. The summed E-state index contributed by atoms with van der Waals surface area (Å²) >= 11 is 0. The van der Waals surface area contributed by atoms with Gasteiger partial charge in [-0.2, -0.15) is 0 Å². The Hall–Kier alpha value is -1.22. The second kappa shape index (κ2) is 7.17. The third-order valence-electron chi connectivity index (χ3n) is 2.89. The van der Waals surface area contributed by atoms with Crippen LogP contribution in [0.4, 0.5) is 11.4 Å². The molecule has 96 valence electrons. The topological polar surface area (TPSA) is 27.3 Å². The molecule has 17 heavy (non-hydrogen) atoms. The van der Waals surface area contributed by atoms with Crippen LogP contribution in [0.15, 0.2) is 24.3 Å². The molecule has 1 fully saturated rings. The molecule has 0 amide bonds. The first-order valence-corrected chi connectivity index (χ1v) is 6.56. The molecule has 0 bridgehead atoms. The maximum Gasteiger partial charge on any atom is 0.0368 e. The number of benzene rings is 1. The zero-order chi connectivity index (χ0) is 12.7. The minimum Gasteiger partial charge on any atom is -0.388 e. The molecule has 1 aromatic carbocycles. The number of anilines is 2. The van der Waals surface area contributed by atoms with Crippen LogP contribution in [0.25, 0.3) is 0 Å². The minimum absolute atomic E-state index is 0.586. The van der Waals surface area contributed by atoms with Gasteiger partial charge in [0.2, 0.25) is 0 Å². The number of rotatable bonds is 2. The van der Waals surface area contributed by atoms with E-state index in [0.717, 1.165) is 19.6 Å². The van der Waals surface area contributed by atoms with E-state index in [1.165, 1.54) is 11.4 Å². The van der Waals surface area contributed by atoms with Crippen LogP contribution in [0.5, 0.6) is 0 Å². The Bertz CT molecular complexity index is 308. The zero-order valence-electron chi connectivity index (χ0n) is 11.5. The van der Waals surface area contributed by atoms with Crippen LogP contribution >= 0.6 is 0 Å². The predicted molar refractivity (Wildman–Crippen MR) is 77.0 cm³/mol. The maximum absolute atomic E-state index is 3.45. The molecule has 3 nitrogen and oxygen atoms in total. The Morgan fingerprint density at radius 3 is 2.41 bits per heavy atom. The third kappa shape index (κ3) is 3.93. The van der Waals surface area contributed by atoms with E-state index in [2.05, 4.69) is 46.7 Å². The molecule has 1 heterocycles. The van der Waals surface area contributed by atoms with E-state index >= 15 is 0 Å².